The van der Waals surface area contributed by atoms with E-state index in [2.05, 4.69) is 10.6 Å². The van der Waals surface area contributed by atoms with Gasteiger partial charge in [-0.15, -0.1) is 0 Å². The van der Waals surface area contributed by atoms with Crippen molar-refractivity contribution in [3.8, 4) is 0 Å². The molecule has 0 saturated carbocycles. The van der Waals surface area contributed by atoms with Crippen LogP contribution in [0.3, 0.4) is 0 Å². The third-order valence-corrected chi connectivity index (χ3v) is 3.82. The average molecular weight is 305 g/mol. The fourth-order valence-corrected chi connectivity index (χ4v) is 2.61. The quantitative estimate of drug-likeness (QED) is 0.895. The predicted octanol–water partition coefficient (Wildman–Crippen LogP) is 3.13. The van der Waals surface area contributed by atoms with E-state index in [9.17, 15) is 9.18 Å². The lowest BCUT2D eigenvalue weighted by atomic mass is 9.95. The number of nitrogens with one attached hydrogen (secondary N) is 2. The lowest BCUT2D eigenvalue weighted by Crippen LogP contribution is -2.44. The SMILES string of the molecule is O=C(Nc1ccc(Cl)cc1F)C1Cc2ccccc2CN1. The molecular weight excluding hydrogens is 291 g/mol. The molecule has 1 amide bonds. The van der Waals surface area contributed by atoms with E-state index >= 15 is 0 Å². The Balaban J connectivity index is 1.72. The summed E-state index contributed by atoms with van der Waals surface area (Å²) in [6.45, 7) is 0.636. The molecule has 108 valence electrons. The van der Waals surface area contributed by atoms with Crippen molar-refractivity contribution in [3.63, 3.8) is 0 Å². The van der Waals surface area contributed by atoms with E-state index in [1.54, 1.807) is 6.07 Å². The maximum Gasteiger partial charge on any atom is 0.241 e. The monoisotopic (exact) mass is 304 g/mol. The largest absolute Gasteiger partial charge is 0.322 e. The molecule has 1 aliphatic rings. The van der Waals surface area contributed by atoms with Crippen LogP contribution in [0.1, 0.15) is 11.1 Å². The van der Waals surface area contributed by atoms with Gasteiger partial charge in [-0.25, -0.2) is 4.39 Å². The third kappa shape index (κ3) is 3.06. The van der Waals surface area contributed by atoms with Gasteiger partial charge in [0, 0.05) is 11.6 Å². The van der Waals surface area contributed by atoms with E-state index in [0.29, 0.717) is 18.0 Å². The predicted molar refractivity (Wildman–Crippen MR) is 80.8 cm³/mol. The fraction of sp³-hybridized carbons (Fsp3) is 0.188. The van der Waals surface area contributed by atoms with Crippen LogP contribution < -0.4 is 10.6 Å². The molecule has 5 heteroatoms. The Bertz CT molecular complexity index is 690. The summed E-state index contributed by atoms with van der Waals surface area (Å²) in [6, 6.07) is 11.8. The maximum absolute atomic E-state index is 13.7. The summed E-state index contributed by atoms with van der Waals surface area (Å²) in [7, 11) is 0. The Morgan fingerprint density at radius 3 is 2.76 bits per heavy atom. The summed E-state index contributed by atoms with van der Waals surface area (Å²) < 4.78 is 13.7. The van der Waals surface area contributed by atoms with Gasteiger partial charge in [-0.1, -0.05) is 35.9 Å². The van der Waals surface area contributed by atoms with Gasteiger partial charge in [0.25, 0.3) is 0 Å². The molecule has 0 aliphatic carbocycles. The lowest BCUT2D eigenvalue weighted by molar-refractivity contribution is -0.118. The van der Waals surface area contributed by atoms with Gasteiger partial charge in [-0.3, -0.25) is 4.79 Å². The zero-order valence-corrected chi connectivity index (χ0v) is 12.0. The van der Waals surface area contributed by atoms with Crippen LogP contribution in [0.2, 0.25) is 5.02 Å². The number of amides is 1. The topological polar surface area (TPSA) is 41.1 Å². The summed E-state index contributed by atoms with van der Waals surface area (Å²) in [4.78, 5) is 12.2. The molecule has 3 nitrogen and oxygen atoms in total. The van der Waals surface area contributed by atoms with E-state index in [0.717, 1.165) is 5.56 Å². The molecule has 21 heavy (non-hydrogen) atoms. The van der Waals surface area contributed by atoms with Gasteiger partial charge in [-0.05, 0) is 35.7 Å². The van der Waals surface area contributed by atoms with E-state index in [4.69, 9.17) is 11.6 Å². The fourth-order valence-electron chi connectivity index (χ4n) is 2.45. The van der Waals surface area contributed by atoms with Crippen molar-refractivity contribution >= 4 is 23.2 Å². The minimum Gasteiger partial charge on any atom is -0.322 e. The van der Waals surface area contributed by atoms with Crippen molar-refractivity contribution in [2.45, 2.75) is 19.0 Å². The molecule has 1 unspecified atom stereocenters. The zero-order chi connectivity index (χ0) is 14.8. The maximum atomic E-state index is 13.7. The van der Waals surface area contributed by atoms with Crippen molar-refractivity contribution in [3.05, 3.63) is 64.4 Å². The highest BCUT2D eigenvalue weighted by molar-refractivity contribution is 6.30. The zero-order valence-electron chi connectivity index (χ0n) is 11.2. The molecule has 0 aromatic heterocycles. The molecule has 3 rings (SSSR count). The van der Waals surface area contributed by atoms with Gasteiger partial charge in [0.15, 0.2) is 0 Å². The summed E-state index contributed by atoms with van der Waals surface area (Å²) in [5.41, 5.74) is 2.48. The second kappa shape index (κ2) is 5.84. The molecular formula is C16H14ClFN2O. The van der Waals surface area contributed by atoms with Crippen LogP contribution in [0, 0.1) is 5.82 Å². The van der Waals surface area contributed by atoms with Crippen LogP contribution in [0.5, 0.6) is 0 Å². The van der Waals surface area contributed by atoms with E-state index < -0.39 is 5.82 Å². The van der Waals surface area contributed by atoms with Gasteiger partial charge in [0.05, 0.1) is 11.7 Å². The van der Waals surface area contributed by atoms with Crippen LogP contribution in [0.4, 0.5) is 10.1 Å². The molecule has 1 aliphatic heterocycles. The third-order valence-electron chi connectivity index (χ3n) is 3.59. The van der Waals surface area contributed by atoms with Gasteiger partial charge in [0.1, 0.15) is 5.82 Å². The van der Waals surface area contributed by atoms with Crippen molar-refractivity contribution in [2.24, 2.45) is 0 Å². The van der Waals surface area contributed by atoms with Crippen LogP contribution in [-0.2, 0) is 17.8 Å². The summed E-state index contributed by atoms with van der Waals surface area (Å²) >= 11 is 5.69. The first-order chi connectivity index (χ1) is 10.1. The number of hydrogen-bond donors (Lipinski definition) is 2. The second-order valence-electron chi connectivity index (χ2n) is 5.02. The van der Waals surface area contributed by atoms with Crippen LogP contribution in [0.15, 0.2) is 42.5 Å². The van der Waals surface area contributed by atoms with Crippen LogP contribution >= 0.6 is 11.6 Å². The average Bonchev–Trinajstić information content (AvgIpc) is 2.49. The van der Waals surface area contributed by atoms with E-state index in [1.165, 1.54) is 17.7 Å². The van der Waals surface area contributed by atoms with E-state index in [-0.39, 0.29) is 17.6 Å². The number of fused-ring (bicyclic) bond motifs is 1. The minimum absolute atomic E-state index is 0.144. The lowest BCUT2D eigenvalue weighted by Gasteiger charge is -2.25. The Kier molecular flexibility index (Phi) is 3.90. The molecule has 1 atom stereocenters. The van der Waals surface area contributed by atoms with Crippen molar-refractivity contribution in [2.75, 3.05) is 5.32 Å². The summed E-state index contributed by atoms with van der Waals surface area (Å²) in [6.07, 6.45) is 0.594. The first-order valence-corrected chi connectivity index (χ1v) is 7.07. The highest BCUT2D eigenvalue weighted by atomic mass is 35.5. The second-order valence-corrected chi connectivity index (χ2v) is 5.46. The van der Waals surface area contributed by atoms with E-state index in [1.807, 2.05) is 24.3 Å². The van der Waals surface area contributed by atoms with Gasteiger partial charge < -0.3 is 10.6 Å². The molecule has 0 bridgehead atoms. The number of halogens is 2. The Hall–Kier alpha value is -1.91. The molecule has 0 saturated heterocycles. The van der Waals surface area contributed by atoms with Gasteiger partial charge >= 0.3 is 0 Å². The summed E-state index contributed by atoms with van der Waals surface area (Å²) in [5, 5.41) is 6.07. The molecule has 2 aromatic rings. The van der Waals surface area contributed by atoms with Crippen molar-refractivity contribution < 1.29 is 9.18 Å². The first-order valence-electron chi connectivity index (χ1n) is 6.69. The van der Waals surface area contributed by atoms with Crippen LogP contribution in [-0.4, -0.2) is 11.9 Å². The normalized spacial score (nSPS) is 17.1. The molecule has 0 fully saturated rings. The molecule has 1 heterocycles. The number of hydrogen-bond acceptors (Lipinski definition) is 2. The number of carbonyl (C=O) groups excluding carboxylic acids is 1. The Morgan fingerprint density at radius 1 is 1.24 bits per heavy atom. The Morgan fingerprint density at radius 2 is 2.00 bits per heavy atom. The highest BCUT2D eigenvalue weighted by Gasteiger charge is 2.24. The summed E-state index contributed by atoms with van der Waals surface area (Å²) in [5.74, 6) is -0.780. The molecule has 0 radical (unpaired) electrons. The molecule has 2 aromatic carbocycles. The number of carbonyl (C=O) groups is 1. The molecule has 2 N–H and O–H groups in total. The van der Waals surface area contributed by atoms with Gasteiger partial charge in [0.2, 0.25) is 5.91 Å². The smallest absolute Gasteiger partial charge is 0.241 e. The number of benzene rings is 2. The minimum atomic E-state index is -0.535. The highest BCUT2D eigenvalue weighted by Crippen LogP contribution is 2.21. The first kappa shape index (κ1) is 14.0. The Labute approximate surface area is 127 Å². The van der Waals surface area contributed by atoms with Crippen LogP contribution in [0.25, 0.3) is 0 Å². The standard InChI is InChI=1S/C16H14ClFN2O/c17-12-5-6-14(13(18)8-12)20-16(21)15-7-10-3-1-2-4-11(10)9-19-15/h1-6,8,15,19H,7,9H2,(H,20,21). The number of anilines is 1. The number of rotatable bonds is 2. The van der Waals surface area contributed by atoms with Crippen molar-refractivity contribution in [1.29, 1.82) is 0 Å². The molecule has 0 spiro atoms. The van der Waals surface area contributed by atoms with Gasteiger partial charge in [-0.2, -0.15) is 0 Å². The van der Waals surface area contributed by atoms with Crippen molar-refractivity contribution in [1.82, 2.24) is 5.32 Å².